The Kier molecular flexibility index (Phi) is 10.8. The predicted octanol–water partition coefficient (Wildman–Crippen LogP) is -3.00. The first-order chi connectivity index (χ1) is 6.45. The maximum Gasteiger partial charge on any atom is 0.322 e. The van der Waals surface area contributed by atoms with Gasteiger partial charge in [0.15, 0.2) is 0 Å². The van der Waals surface area contributed by atoms with Crippen molar-refractivity contribution >= 4 is 11.9 Å². The summed E-state index contributed by atoms with van der Waals surface area (Å²) in [6, 6.07) is -1.13. The van der Waals surface area contributed by atoms with Crippen LogP contribution in [0.5, 0.6) is 0 Å². The van der Waals surface area contributed by atoms with Gasteiger partial charge in [0.2, 0.25) is 0 Å². The van der Waals surface area contributed by atoms with Gasteiger partial charge in [-0.15, -0.1) is 0 Å². The molecule has 0 saturated carbocycles. The fourth-order valence-electron chi connectivity index (χ4n) is 0.241. The van der Waals surface area contributed by atoms with E-state index in [0.29, 0.717) is 0 Å². The van der Waals surface area contributed by atoms with Gasteiger partial charge in [0.25, 0.3) is 0 Å². The van der Waals surface area contributed by atoms with Crippen molar-refractivity contribution in [2.45, 2.75) is 6.04 Å². The van der Waals surface area contributed by atoms with Crippen LogP contribution in [0.2, 0.25) is 0 Å². The molecule has 0 bridgehead atoms. The van der Waals surface area contributed by atoms with E-state index in [9.17, 15) is 9.59 Å². The molecule has 14 heavy (non-hydrogen) atoms. The van der Waals surface area contributed by atoms with E-state index in [1.165, 1.54) is 0 Å². The van der Waals surface area contributed by atoms with Crippen LogP contribution in [0.1, 0.15) is 0 Å². The molecule has 0 aliphatic heterocycles. The number of carboxylic acids is 2. The second-order valence-corrected chi connectivity index (χ2v) is 2.11. The topological polar surface area (TPSA) is 153 Å². The van der Waals surface area contributed by atoms with E-state index in [-0.39, 0.29) is 13.3 Å². The summed E-state index contributed by atoms with van der Waals surface area (Å²) in [7, 11) is 0. The van der Waals surface area contributed by atoms with Gasteiger partial charge < -0.3 is 26.2 Å². The molecule has 1 unspecified atom stereocenters. The highest BCUT2D eigenvalue weighted by atomic mass is 16.4. The number of hydrogen-bond donors (Lipinski definition) is 6. The van der Waals surface area contributed by atoms with Gasteiger partial charge in [0.05, 0.1) is 19.9 Å². The first kappa shape index (κ1) is 15.3. The molecule has 0 aliphatic carbocycles. The Hall–Kier alpha value is -1.22. The minimum absolute atomic E-state index is 0.184. The van der Waals surface area contributed by atoms with Crippen molar-refractivity contribution in [3.63, 3.8) is 0 Å². The summed E-state index contributed by atoms with van der Waals surface area (Å²) < 4.78 is 0. The Labute approximate surface area is 80.0 Å². The molecular weight excluding hydrogens is 196 g/mol. The standard InChI is InChI=1S/2C3H7NO3/c5-2-4-1-3(6)7;4-2(1-5)3(6)7/h4-5H,1-2H2,(H,6,7);2,5H,1,4H2,(H,6,7). The molecule has 0 fully saturated rings. The fourth-order valence-corrected chi connectivity index (χ4v) is 0.241. The number of aliphatic hydroxyl groups excluding tert-OH is 2. The molecule has 0 aromatic heterocycles. The monoisotopic (exact) mass is 210 g/mol. The van der Waals surface area contributed by atoms with Crippen LogP contribution in [0.3, 0.4) is 0 Å². The normalized spacial score (nSPS) is 11.1. The summed E-state index contributed by atoms with van der Waals surface area (Å²) in [4.78, 5) is 19.2. The van der Waals surface area contributed by atoms with Gasteiger partial charge in [-0.2, -0.15) is 0 Å². The van der Waals surface area contributed by atoms with E-state index < -0.39 is 24.6 Å². The maximum absolute atomic E-state index is 9.65. The minimum Gasteiger partial charge on any atom is -0.480 e. The third-order valence-electron chi connectivity index (χ3n) is 0.902. The van der Waals surface area contributed by atoms with Crippen LogP contribution in [-0.2, 0) is 9.59 Å². The molecule has 0 aliphatic rings. The van der Waals surface area contributed by atoms with Crippen molar-refractivity contribution in [2.24, 2.45) is 5.73 Å². The summed E-state index contributed by atoms with van der Waals surface area (Å²) in [5.41, 5.74) is 4.77. The van der Waals surface area contributed by atoms with Gasteiger partial charge in [0, 0.05) is 0 Å². The van der Waals surface area contributed by atoms with Gasteiger partial charge in [0.1, 0.15) is 6.04 Å². The molecule has 8 nitrogen and oxygen atoms in total. The fraction of sp³-hybridized carbons (Fsp3) is 0.667. The van der Waals surface area contributed by atoms with Crippen LogP contribution in [0, 0.1) is 0 Å². The minimum atomic E-state index is -1.18. The Bertz CT molecular complexity index is 174. The number of hydrogen-bond acceptors (Lipinski definition) is 6. The van der Waals surface area contributed by atoms with Gasteiger partial charge in [-0.1, -0.05) is 0 Å². The Morgan fingerprint density at radius 3 is 1.86 bits per heavy atom. The SMILES string of the molecule is NC(CO)C(=O)O.O=C(O)CNCO. The van der Waals surface area contributed by atoms with Crippen molar-refractivity contribution in [3.8, 4) is 0 Å². The average Bonchev–Trinajstić information content (AvgIpc) is 2.14. The van der Waals surface area contributed by atoms with Gasteiger partial charge >= 0.3 is 11.9 Å². The van der Waals surface area contributed by atoms with Crippen LogP contribution in [0.15, 0.2) is 0 Å². The van der Waals surface area contributed by atoms with Crippen molar-refractivity contribution < 1.29 is 30.0 Å². The molecule has 0 rings (SSSR count). The molecular formula is C6H14N2O6. The largest absolute Gasteiger partial charge is 0.480 e. The van der Waals surface area contributed by atoms with E-state index in [0.717, 1.165) is 0 Å². The lowest BCUT2D eigenvalue weighted by Crippen LogP contribution is -2.33. The zero-order valence-corrected chi connectivity index (χ0v) is 7.38. The highest BCUT2D eigenvalue weighted by Gasteiger charge is 2.06. The van der Waals surface area contributed by atoms with Crippen molar-refractivity contribution in [1.82, 2.24) is 5.32 Å². The lowest BCUT2D eigenvalue weighted by Gasteiger charge is -1.96. The number of carbonyl (C=O) groups is 2. The first-order valence-electron chi connectivity index (χ1n) is 3.58. The number of carboxylic acid groups (broad SMARTS) is 2. The number of aliphatic hydroxyl groups is 2. The van der Waals surface area contributed by atoms with E-state index in [1.54, 1.807) is 0 Å². The third-order valence-corrected chi connectivity index (χ3v) is 0.902. The smallest absolute Gasteiger partial charge is 0.322 e. The van der Waals surface area contributed by atoms with E-state index >= 15 is 0 Å². The molecule has 0 aromatic carbocycles. The van der Waals surface area contributed by atoms with Gasteiger partial charge in [-0.3, -0.25) is 14.9 Å². The lowest BCUT2D eigenvalue weighted by atomic mass is 10.3. The Morgan fingerprint density at radius 2 is 1.79 bits per heavy atom. The van der Waals surface area contributed by atoms with Crippen LogP contribution in [0.4, 0.5) is 0 Å². The van der Waals surface area contributed by atoms with E-state index in [4.69, 9.17) is 26.2 Å². The number of rotatable bonds is 5. The third kappa shape index (κ3) is 13.4. The van der Waals surface area contributed by atoms with Gasteiger partial charge in [-0.25, -0.2) is 0 Å². The zero-order valence-electron chi connectivity index (χ0n) is 7.38. The highest BCUT2D eigenvalue weighted by molar-refractivity contribution is 5.73. The molecule has 8 heteroatoms. The Balaban J connectivity index is 0. The molecule has 84 valence electrons. The summed E-state index contributed by atoms with van der Waals surface area (Å²) in [6.45, 7) is -0.974. The van der Waals surface area contributed by atoms with Crippen LogP contribution >= 0.6 is 0 Å². The lowest BCUT2D eigenvalue weighted by molar-refractivity contribution is -0.139. The Morgan fingerprint density at radius 1 is 1.29 bits per heavy atom. The first-order valence-corrected chi connectivity index (χ1v) is 3.58. The molecule has 0 spiro atoms. The second kappa shape index (κ2) is 9.86. The maximum atomic E-state index is 9.65. The average molecular weight is 210 g/mol. The number of nitrogens with two attached hydrogens (primary N) is 1. The number of aliphatic carboxylic acids is 2. The second-order valence-electron chi connectivity index (χ2n) is 2.11. The molecule has 0 amide bonds. The molecule has 0 saturated heterocycles. The predicted molar refractivity (Wildman–Crippen MR) is 45.4 cm³/mol. The quantitative estimate of drug-likeness (QED) is 0.262. The van der Waals surface area contributed by atoms with Crippen molar-refractivity contribution in [3.05, 3.63) is 0 Å². The molecule has 1 atom stereocenters. The zero-order chi connectivity index (χ0) is 11.6. The molecule has 0 aromatic rings. The molecule has 0 heterocycles. The van der Waals surface area contributed by atoms with Crippen molar-refractivity contribution in [1.29, 1.82) is 0 Å². The number of nitrogens with one attached hydrogen (secondary N) is 1. The van der Waals surface area contributed by atoms with E-state index in [1.807, 2.05) is 0 Å². The molecule has 7 N–H and O–H groups in total. The summed E-state index contributed by atoms with van der Waals surface area (Å²) in [6.07, 6.45) is 0. The summed E-state index contributed by atoms with van der Waals surface area (Å²) >= 11 is 0. The van der Waals surface area contributed by atoms with Gasteiger partial charge in [-0.05, 0) is 0 Å². The van der Waals surface area contributed by atoms with Crippen molar-refractivity contribution in [2.75, 3.05) is 19.9 Å². The van der Waals surface area contributed by atoms with Crippen LogP contribution in [-0.4, -0.2) is 58.3 Å². The van der Waals surface area contributed by atoms with Crippen LogP contribution < -0.4 is 11.1 Å². The molecule has 0 radical (unpaired) electrons. The van der Waals surface area contributed by atoms with E-state index in [2.05, 4.69) is 5.32 Å². The summed E-state index contributed by atoms with van der Waals surface area (Å²) in [5, 5.41) is 33.9. The van der Waals surface area contributed by atoms with Crippen LogP contribution in [0.25, 0.3) is 0 Å². The summed E-state index contributed by atoms with van der Waals surface area (Å²) in [5.74, 6) is -2.14. The highest BCUT2D eigenvalue weighted by Crippen LogP contribution is 1.71.